The first-order valence-corrected chi connectivity index (χ1v) is 10.4. The number of alkyl halides is 2. The van der Waals surface area contributed by atoms with Gasteiger partial charge in [0.2, 0.25) is 5.91 Å². The molecule has 6 nitrogen and oxygen atoms in total. The summed E-state index contributed by atoms with van der Waals surface area (Å²) in [6.45, 7) is 9.54. The zero-order valence-corrected chi connectivity index (χ0v) is 18.6. The summed E-state index contributed by atoms with van der Waals surface area (Å²) < 4.78 is 26.3. The van der Waals surface area contributed by atoms with Crippen LogP contribution in [-0.2, 0) is 4.79 Å². The number of aromatic nitrogens is 1. The van der Waals surface area contributed by atoms with Gasteiger partial charge in [0.15, 0.2) is 0 Å². The highest BCUT2D eigenvalue weighted by molar-refractivity contribution is 6.02. The summed E-state index contributed by atoms with van der Waals surface area (Å²) in [6, 6.07) is 7.24. The van der Waals surface area contributed by atoms with Gasteiger partial charge in [-0.2, -0.15) is 5.26 Å². The minimum atomic E-state index is -2.95. The topological polar surface area (TPSA) is 98.4 Å². The SMILES string of the molecule is C=C(/C=C(C)\C(=C/C)c1cc2cnc(NC(=O)C3CC3(F)F)cc2cc1C#N)/C(CC)=N\O. The molecule has 1 fully saturated rings. The van der Waals surface area contributed by atoms with Gasteiger partial charge in [-0.05, 0) is 60.6 Å². The van der Waals surface area contributed by atoms with E-state index in [2.05, 4.69) is 28.1 Å². The molecule has 33 heavy (non-hydrogen) atoms. The number of halogens is 2. The van der Waals surface area contributed by atoms with E-state index < -0.39 is 24.2 Å². The van der Waals surface area contributed by atoms with Crippen LogP contribution in [0, 0.1) is 17.2 Å². The molecular formula is C25H24F2N4O2. The van der Waals surface area contributed by atoms with Gasteiger partial charge in [-0.3, -0.25) is 4.79 Å². The molecule has 1 aromatic heterocycles. The molecule has 1 aliphatic rings. The number of allylic oxidation sites excluding steroid dienone is 5. The number of benzene rings is 1. The van der Waals surface area contributed by atoms with E-state index >= 15 is 0 Å². The highest BCUT2D eigenvalue weighted by atomic mass is 19.3. The van der Waals surface area contributed by atoms with Gasteiger partial charge in [-0.15, -0.1) is 0 Å². The van der Waals surface area contributed by atoms with E-state index in [0.717, 1.165) is 16.5 Å². The van der Waals surface area contributed by atoms with Gasteiger partial charge in [0, 0.05) is 23.6 Å². The third-order valence-corrected chi connectivity index (χ3v) is 5.59. The van der Waals surface area contributed by atoms with Crippen LogP contribution in [0.1, 0.15) is 44.7 Å². The second kappa shape index (κ2) is 9.33. The molecule has 0 spiro atoms. The Labute approximate surface area is 190 Å². The highest BCUT2D eigenvalue weighted by Crippen LogP contribution is 2.49. The van der Waals surface area contributed by atoms with Crippen LogP contribution in [0.25, 0.3) is 16.3 Å². The van der Waals surface area contributed by atoms with E-state index in [9.17, 15) is 18.8 Å². The van der Waals surface area contributed by atoms with Crippen molar-refractivity contribution in [2.75, 3.05) is 5.32 Å². The Bertz CT molecular complexity index is 1270. The molecule has 1 saturated carbocycles. The van der Waals surface area contributed by atoms with E-state index in [1.54, 1.807) is 18.2 Å². The number of pyridine rings is 1. The van der Waals surface area contributed by atoms with Gasteiger partial charge in [0.1, 0.15) is 11.7 Å². The first kappa shape index (κ1) is 23.8. The number of rotatable bonds is 7. The minimum absolute atomic E-state index is 0.154. The average molecular weight is 450 g/mol. The first-order chi connectivity index (χ1) is 15.6. The molecule has 1 aromatic carbocycles. The lowest BCUT2D eigenvalue weighted by atomic mass is 9.91. The number of hydrogen-bond acceptors (Lipinski definition) is 5. The van der Waals surface area contributed by atoms with Crippen LogP contribution >= 0.6 is 0 Å². The fraction of sp³-hybridized carbons (Fsp3) is 0.280. The normalized spacial score (nSPS) is 18.1. The average Bonchev–Trinajstić information content (AvgIpc) is 3.43. The Kier molecular flexibility index (Phi) is 6.73. The number of carbonyl (C=O) groups is 1. The Morgan fingerprint density at radius 2 is 2.12 bits per heavy atom. The predicted octanol–water partition coefficient (Wildman–Crippen LogP) is 5.85. The number of amides is 1. The lowest BCUT2D eigenvalue weighted by Crippen LogP contribution is -2.18. The summed E-state index contributed by atoms with van der Waals surface area (Å²) in [5.41, 5.74) is 3.75. The van der Waals surface area contributed by atoms with Gasteiger partial charge >= 0.3 is 0 Å². The molecule has 3 rings (SSSR count). The number of nitrogens with one attached hydrogen (secondary N) is 1. The number of hydrogen-bond donors (Lipinski definition) is 2. The molecule has 0 bridgehead atoms. The number of nitrogens with zero attached hydrogens (tertiary/aromatic N) is 3. The monoisotopic (exact) mass is 450 g/mol. The quantitative estimate of drug-likeness (QED) is 0.239. The smallest absolute Gasteiger partial charge is 0.260 e. The third kappa shape index (κ3) is 4.98. The first-order valence-electron chi connectivity index (χ1n) is 10.4. The van der Waals surface area contributed by atoms with Crippen molar-refractivity contribution in [1.82, 2.24) is 4.98 Å². The highest BCUT2D eigenvalue weighted by Gasteiger charge is 2.61. The van der Waals surface area contributed by atoms with Crippen molar-refractivity contribution in [3.63, 3.8) is 0 Å². The van der Waals surface area contributed by atoms with Gasteiger partial charge in [-0.25, -0.2) is 13.8 Å². The van der Waals surface area contributed by atoms with Crippen molar-refractivity contribution in [2.24, 2.45) is 11.1 Å². The lowest BCUT2D eigenvalue weighted by Gasteiger charge is -2.13. The summed E-state index contributed by atoms with van der Waals surface area (Å²) in [5.74, 6) is -4.89. The van der Waals surface area contributed by atoms with E-state index in [-0.39, 0.29) is 5.82 Å². The molecule has 2 aromatic rings. The molecular weight excluding hydrogens is 426 g/mol. The predicted molar refractivity (Wildman–Crippen MR) is 124 cm³/mol. The lowest BCUT2D eigenvalue weighted by molar-refractivity contribution is -0.119. The number of nitriles is 1. The Morgan fingerprint density at radius 1 is 1.42 bits per heavy atom. The summed E-state index contributed by atoms with van der Waals surface area (Å²) in [4.78, 5) is 16.1. The molecule has 1 heterocycles. The second-order valence-corrected chi connectivity index (χ2v) is 7.89. The molecule has 2 N–H and O–H groups in total. The van der Waals surface area contributed by atoms with E-state index in [0.29, 0.717) is 34.2 Å². The zero-order valence-electron chi connectivity index (χ0n) is 18.6. The van der Waals surface area contributed by atoms with Crippen molar-refractivity contribution in [1.29, 1.82) is 5.26 Å². The Morgan fingerprint density at radius 3 is 2.67 bits per heavy atom. The molecule has 0 radical (unpaired) electrons. The van der Waals surface area contributed by atoms with Crippen LogP contribution < -0.4 is 5.32 Å². The molecule has 170 valence electrons. The number of fused-ring (bicyclic) bond motifs is 1. The molecule has 8 heteroatoms. The van der Waals surface area contributed by atoms with Crippen molar-refractivity contribution in [3.8, 4) is 6.07 Å². The summed E-state index contributed by atoms with van der Waals surface area (Å²) in [7, 11) is 0. The van der Waals surface area contributed by atoms with Crippen molar-refractivity contribution in [2.45, 2.75) is 39.5 Å². The van der Waals surface area contributed by atoms with E-state index in [1.165, 1.54) is 6.20 Å². The summed E-state index contributed by atoms with van der Waals surface area (Å²) in [6.07, 6.45) is 5.26. The third-order valence-electron chi connectivity index (χ3n) is 5.59. The molecule has 1 atom stereocenters. The molecule has 1 unspecified atom stereocenters. The van der Waals surface area contributed by atoms with Crippen LogP contribution in [-0.4, -0.2) is 27.7 Å². The Hall–Kier alpha value is -3.86. The minimum Gasteiger partial charge on any atom is -0.411 e. The number of anilines is 1. The van der Waals surface area contributed by atoms with Gasteiger partial charge in [0.05, 0.1) is 17.3 Å². The van der Waals surface area contributed by atoms with Gasteiger partial charge in [-0.1, -0.05) is 30.8 Å². The molecule has 1 amide bonds. The van der Waals surface area contributed by atoms with E-state index in [4.69, 9.17) is 5.21 Å². The Balaban J connectivity index is 1.95. The van der Waals surface area contributed by atoms with Crippen LogP contribution in [0.5, 0.6) is 0 Å². The van der Waals surface area contributed by atoms with Gasteiger partial charge < -0.3 is 10.5 Å². The summed E-state index contributed by atoms with van der Waals surface area (Å²) >= 11 is 0. The zero-order chi connectivity index (χ0) is 24.3. The van der Waals surface area contributed by atoms with Crippen LogP contribution in [0.4, 0.5) is 14.6 Å². The van der Waals surface area contributed by atoms with Crippen molar-refractivity contribution in [3.05, 3.63) is 65.4 Å². The number of oxime groups is 1. The number of carbonyl (C=O) groups excluding carboxylic acids is 1. The molecule has 1 aliphatic carbocycles. The van der Waals surface area contributed by atoms with Crippen LogP contribution in [0.2, 0.25) is 0 Å². The largest absolute Gasteiger partial charge is 0.411 e. The fourth-order valence-corrected chi connectivity index (χ4v) is 3.67. The maximum absolute atomic E-state index is 13.1. The fourth-order valence-electron chi connectivity index (χ4n) is 3.67. The van der Waals surface area contributed by atoms with Gasteiger partial charge in [0.25, 0.3) is 5.92 Å². The van der Waals surface area contributed by atoms with Crippen LogP contribution in [0.15, 0.2) is 59.4 Å². The maximum Gasteiger partial charge on any atom is 0.260 e. The van der Waals surface area contributed by atoms with Crippen molar-refractivity contribution >= 4 is 33.8 Å². The summed E-state index contributed by atoms with van der Waals surface area (Å²) in [5, 5.41) is 25.9. The van der Waals surface area contributed by atoms with Crippen LogP contribution in [0.3, 0.4) is 0 Å². The van der Waals surface area contributed by atoms with Crippen molar-refractivity contribution < 1.29 is 18.8 Å². The standard InChI is InChI=1S/C25H24F2N4O2/c1-5-19(14(3)7-15(4)22(6-2)31-33)20-9-18-13-29-23(10-16(18)8-17(20)12-28)30-24(32)21-11-25(21,26)27/h5,7-10,13,21,33H,4,6,11H2,1-3H3,(H,29,30,32)/b14-7-,19-5+,31-22-. The molecule has 0 aliphatic heterocycles. The second-order valence-electron chi connectivity index (χ2n) is 7.89. The maximum atomic E-state index is 13.1. The molecule has 0 saturated heterocycles. The van der Waals surface area contributed by atoms with E-state index in [1.807, 2.05) is 32.9 Å².